The van der Waals surface area contributed by atoms with Gasteiger partial charge in [-0.15, -0.1) is 0 Å². The molecular formula is C21H23FN4O2. The van der Waals surface area contributed by atoms with E-state index < -0.39 is 0 Å². The summed E-state index contributed by atoms with van der Waals surface area (Å²) in [7, 11) is 0. The van der Waals surface area contributed by atoms with E-state index in [-0.39, 0.29) is 11.9 Å². The van der Waals surface area contributed by atoms with Crippen molar-refractivity contribution in [1.29, 1.82) is 0 Å². The molecule has 2 aromatic heterocycles. The Morgan fingerprint density at radius 1 is 1.18 bits per heavy atom. The van der Waals surface area contributed by atoms with Gasteiger partial charge in [-0.25, -0.2) is 4.39 Å². The highest BCUT2D eigenvalue weighted by atomic mass is 19.1. The fraction of sp³-hybridized carbons (Fsp3) is 0.381. The third-order valence-corrected chi connectivity index (χ3v) is 4.90. The molecule has 4 rings (SSSR count). The highest BCUT2D eigenvalue weighted by Crippen LogP contribution is 2.31. The number of nitrogens with zero attached hydrogens (tertiary/aromatic N) is 4. The van der Waals surface area contributed by atoms with Gasteiger partial charge in [0.05, 0.1) is 12.6 Å². The molecule has 0 amide bonds. The molecular weight excluding hydrogens is 359 g/mol. The summed E-state index contributed by atoms with van der Waals surface area (Å²) in [6.45, 7) is 2.24. The number of pyridine rings is 1. The first kappa shape index (κ1) is 18.6. The zero-order valence-corrected chi connectivity index (χ0v) is 15.6. The maximum Gasteiger partial charge on any atom is 0.244 e. The van der Waals surface area contributed by atoms with Gasteiger partial charge in [0.25, 0.3) is 0 Å². The Hall–Kier alpha value is -2.80. The van der Waals surface area contributed by atoms with Crippen LogP contribution in [0.5, 0.6) is 5.75 Å². The Bertz CT molecular complexity index is 870. The average Bonchev–Trinajstić information content (AvgIpc) is 3.19. The van der Waals surface area contributed by atoms with Crippen LogP contribution in [0, 0.1) is 5.82 Å². The van der Waals surface area contributed by atoms with Crippen molar-refractivity contribution in [3.8, 4) is 5.75 Å². The van der Waals surface area contributed by atoms with Crippen LogP contribution in [0.25, 0.3) is 0 Å². The molecule has 1 atom stereocenters. The molecule has 0 saturated carbocycles. The van der Waals surface area contributed by atoms with Gasteiger partial charge in [-0.3, -0.25) is 9.88 Å². The largest absolute Gasteiger partial charge is 0.493 e. The molecule has 1 aliphatic rings. The van der Waals surface area contributed by atoms with Gasteiger partial charge in [0.2, 0.25) is 5.89 Å². The van der Waals surface area contributed by atoms with E-state index in [0.717, 1.165) is 25.9 Å². The van der Waals surface area contributed by atoms with Crippen LogP contribution in [0.3, 0.4) is 0 Å². The Labute approximate surface area is 163 Å². The van der Waals surface area contributed by atoms with Gasteiger partial charge in [-0.2, -0.15) is 4.98 Å². The molecule has 0 aliphatic carbocycles. The highest BCUT2D eigenvalue weighted by molar-refractivity contribution is 5.22. The SMILES string of the molecule is Fc1ccc(OCCc2noc(C3CCCCN3Cc3cccnc3)n2)cc1. The number of rotatable bonds is 7. The molecule has 7 heteroatoms. The summed E-state index contributed by atoms with van der Waals surface area (Å²) >= 11 is 0. The van der Waals surface area contributed by atoms with E-state index in [2.05, 4.69) is 26.1 Å². The van der Waals surface area contributed by atoms with Crippen LogP contribution in [-0.4, -0.2) is 33.2 Å². The maximum atomic E-state index is 12.9. The number of ether oxygens (including phenoxy) is 1. The fourth-order valence-electron chi connectivity index (χ4n) is 3.48. The maximum absolute atomic E-state index is 12.9. The fourth-order valence-corrected chi connectivity index (χ4v) is 3.48. The molecule has 0 spiro atoms. The monoisotopic (exact) mass is 382 g/mol. The van der Waals surface area contributed by atoms with Crippen molar-refractivity contribution in [3.05, 3.63) is 71.9 Å². The van der Waals surface area contributed by atoms with E-state index in [4.69, 9.17) is 9.26 Å². The Morgan fingerprint density at radius 2 is 2.07 bits per heavy atom. The third-order valence-electron chi connectivity index (χ3n) is 4.90. The highest BCUT2D eigenvalue weighted by Gasteiger charge is 2.28. The number of aromatic nitrogens is 3. The number of likely N-dealkylation sites (tertiary alicyclic amines) is 1. The molecule has 28 heavy (non-hydrogen) atoms. The summed E-state index contributed by atoms with van der Waals surface area (Å²) < 4.78 is 24.1. The van der Waals surface area contributed by atoms with Crippen LogP contribution in [0.4, 0.5) is 4.39 Å². The second-order valence-electron chi connectivity index (χ2n) is 6.94. The molecule has 1 aliphatic heterocycles. The van der Waals surface area contributed by atoms with Crippen molar-refractivity contribution in [1.82, 2.24) is 20.0 Å². The lowest BCUT2D eigenvalue weighted by atomic mass is 10.0. The van der Waals surface area contributed by atoms with Gasteiger partial charge < -0.3 is 9.26 Å². The molecule has 0 bridgehead atoms. The number of hydrogen-bond donors (Lipinski definition) is 0. The molecule has 1 unspecified atom stereocenters. The molecule has 3 heterocycles. The number of benzene rings is 1. The Morgan fingerprint density at radius 3 is 2.89 bits per heavy atom. The molecule has 1 aromatic carbocycles. The van der Waals surface area contributed by atoms with Crippen LogP contribution >= 0.6 is 0 Å². The Balaban J connectivity index is 1.35. The summed E-state index contributed by atoms with van der Waals surface area (Å²) in [5.41, 5.74) is 1.18. The summed E-state index contributed by atoms with van der Waals surface area (Å²) in [4.78, 5) is 11.2. The zero-order valence-electron chi connectivity index (χ0n) is 15.6. The molecule has 1 saturated heterocycles. The lowest BCUT2D eigenvalue weighted by molar-refractivity contribution is 0.111. The normalized spacial score (nSPS) is 17.5. The zero-order chi connectivity index (χ0) is 19.2. The Kier molecular flexibility index (Phi) is 5.92. The molecule has 146 valence electrons. The smallest absolute Gasteiger partial charge is 0.244 e. The van der Waals surface area contributed by atoms with Crippen molar-refractivity contribution in [3.63, 3.8) is 0 Å². The predicted molar refractivity (Wildman–Crippen MR) is 101 cm³/mol. The molecule has 1 fully saturated rings. The minimum absolute atomic E-state index is 0.133. The third kappa shape index (κ3) is 4.72. The molecule has 0 radical (unpaired) electrons. The van der Waals surface area contributed by atoms with Crippen molar-refractivity contribution < 1.29 is 13.7 Å². The van der Waals surface area contributed by atoms with Gasteiger partial charge in [-0.1, -0.05) is 17.6 Å². The molecule has 0 N–H and O–H groups in total. The summed E-state index contributed by atoms with van der Waals surface area (Å²) in [5.74, 6) is 1.64. The quantitative estimate of drug-likeness (QED) is 0.616. The van der Waals surface area contributed by atoms with E-state index in [1.165, 1.54) is 24.1 Å². The second kappa shape index (κ2) is 8.93. The van der Waals surface area contributed by atoms with Gasteiger partial charge in [0.1, 0.15) is 11.6 Å². The number of hydrogen-bond acceptors (Lipinski definition) is 6. The first-order chi connectivity index (χ1) is 13.8. The lowest BCUT2D eigenvalue weighted by Gasteiger charge is -2.33. The summed E-state index contributed by atoms with van der Waals surface area (Å²) in [5, 5.41) is 4.11. The van der Waals surface area contributed by atoms with E-state index >= 15 is 0 Å². The van der Waals surface area contributed by atoms with E-state index in [9.17, 15) is 4.39 Å². The van der Waals surface area contributed by atoms with Crippen molar-refractivity contribution in [2.24, 2.45) is 0 Å². The minimum Gasteiger partial charge on any atom is -0.493 e. The van der Waals surface area contributed by atoms with Crippen LogP contribution in [-0.2, 0) is 13.0 Å². The number of halogens is 1. The molecule has 6 nitrogen and oxygen atoms in total. The first-order valence-corrected chi connectivity index (χ1v) is 9.62. The average molecular weight is 382 g/mol. The van der Waals surface area contributed by atoms with E-state index in [1.54, 1.807) is 18.3 Å². The van der Waals surface area contributed by atoms with Crippen molar-refractivity contribution in [2.75, 3.05) is 13.2 Å². The van der Waals surface area contributed by atoms with Crippen LogP contribution in [0.15, 0.2) is 53.3 Å². The summed E-state index contributed by atoms with van der Waals surface area (Å²) in [6.07, 6.45) is 7.56. The predicted octanol–water partition coefficient (Wildman–Crippen LogP) is 3.95. The topological polar surface area (TPSA) is 64.3 Å². The van der Waals surface area contributed by atoms with Gasteiger partial charge in [0, 0.05) is 25.4 Å². The second-order valence-corrected chi connectivity index (χ2v) is 6.94. The van der Waals surface area contributed by atoms with E-state index in [1.807, 2.05) is 12.3 Å². The number of piperidine rings is 1. The van der Waals surface area contributed by atoms with Crippen molar-refractivity contribution >= 4 is 0 Å². The van der Waals surface area contributed by atoms with Crippen LogP contribution < -0.4 is 4.74 Å². The van der Waals surface area contributed by atoms with Gasteiger partial charge in [0.15, 0.2) is 5.82 Å². The van der Waals surface area contributed by atoms with Crippen molar-refractivity contribution in [2.45, 2.75) is 38.3 Å². The van der Waals surface area contributed by atoms with Gasteiger partial charge in [-0.05, 0) is 55.3 Å². The molecule has 3 aromatic rings. The minimum atomic E-state index is -0.279. The lowest BCUT2D eigenvalue weighted by Crippen LogP contribution is -2.33. The summed E-state index contributed by atoms with van der Waals surface area (Å²) in [6, 6.07) is 10.1. The first-order valence-electron chi connectivity index (χ1n) is 9.62. The van der Waals surface area contributed by atoms with Crippen LogP contribution in [0.1, 0.15) is 42.6 Å². The van der Waals surface area contributed by atoms with E-state index in [0.29, 0.717) is 30.5 Å². The standard InChI is InChI=1S/C21H23FN4O2/c22-17-6-8-18(9-7-17)27-13-10-20-24-21(28-25-20)19-5-1-2-12-26(19)15-16-4-3-11-23-14-16/h3-4,6-9,11,14,19H,1-2,5,10,12-13,15H2. The van der Waals surface area contributed by atoms with Crippen LogP contribution in [0.2, 0.25) is 0 Å². The van der Waals surface area contributed by atoms with Gasteiger partial charge >= 0.3 is 0 Å².